The number of fused-ring (bicyclic) bond motifs is 5. The molecule has 1 amide bonds. The maximum Gasteiger partial charge on any atom is 0.407 e. The number of sulfonamides is 1. The fourth-order valence-corrected chi connectivity index (χ4v) is 9.55. The predicted molar refractivity (Wildman–Crippen MR) is 210 cm³/mol. The Kier molecular flexibility index (Phi) is 10.7. The summed E-state index contributed by atoms with van der Waals surface area (Å²) in [6, 6.07) is 12.5. The number of hydrogen-bond acceptors (Lipinski definition) is 11. The smallest absolute Gasteiger partial charge is 0.407 e. The number of amides is 1. The molecule has 3 aliphatic heterocycles. The lowest BCUT2D eigenvalue weighted by molar-refractivity contribution is -0.191. The number of aryl methyl sites for hydroxylation is 2. The summed E-state index contributed by atoms with van der Waals surface area (Å²) in [6.45, 7) is 11.8. The van der Waals surface area contributed by atoms with Crippen LogP contribution in [0.15, 0.2) is 58.2 Å². The number of alkyl carbamates (subject to hydrolysis) is 1. The fraction of sp³-hybridized carbons (Fsp3) is 0.452. The minimum atomic E-state index is -4.05. The van der Waals surface area contributed by atoms with Crippen LogP contribution < -0.4 is 15.6 Å². The van der Waals surface area contributed by atoms with Crippen molar-refractivity contribution in [2.24, 2.45) is 0 Å². The van der Waals surface area contributed by atoms with Crippen molar-refractivity contribution in [2.45, 2.75) is 109 Å². The van der Waals surface area contributed by atoms with E-state index in [9.17, 15) is 27.6 Å². The van der Waals surface area contributed by atoms with E-state index in [-0.39, 0.29) is 54.1 Å². The Morgan fingerprint density at radius 1 is 1.05 bits per heavy atom. The highest BCUT2D eigenvalue weighted by molar-refractivity contribution is 7.89. The van der Waals surface area contributed by atoms with E-state index in [0.717, 1.165) is 26.4 Å². The monoisotopic (exact) mass is 800 g/mol. The molecule has 1 N–H and O–H groups in total. The first kappa shape index (κ1) is 39.9. The van der Waals surface area contributed by atoms with Gasteiger partial charge < -0.3 is 28.8 Å². The fourth-order valence-electron chi connectivity index (χ4n) is 7.91. The zero-order valence-electron chi connectivity index (χ0n) is 33.1. The van der Waals surface area contributed by atoms with Crippen molar-refractivity contribution in [3.05, 3.63) is 86.7 Å². The van der Waals surface area contributed by atoms with E-state index in [1.165, 1.54) is 12.1 Å². The number of nitrogens with zero attached hydrogens (tertiary/aromatic N) is 3. The number of nitrogens with one attached hydrogen (secondary N) is 1. The second-order valence-electron chi connectivity index (χ2n) is 15.7. The standard InChI is InChI=1S/C42H48N4O10S/c1-7-28-29-21-26(53-20-10-18-43-40(50)56-41(4,5)6)14-17-33(29)44-36-30(28)23-45-35(36)22-32-31(37(45)47)24-54-39(49)42(32,8-2)55-38(48)34-11-9-19-46(34)57(51,52)27-15-12-25(3)13-16-27/h12-17,21-22,34H,7-11,18-20,23-24H2,1-6H3,(H,43,50)/t34-,42+/m1/s1. The van der Waals surface area contributed by atoms with Gasteiger partial charge in [-0.2, -0.15) is 4.31 Å². The molecule has 0 aliphatic carbocycles. The van der Waals surface area contributed by atoms with Gasteiger partial charge in [-0.3, -0.25) is 9.59 Å². The molecule has 0 unspecified atom stereocenters. The molecule has 15 heteroatoms. The van der Waals surface area contributed by atoms with Crippen molar-refractivity contribution in [1.29, 1.82) is 0 Å². The van der Waals surface area contributed by atoms with Crippen molar-refractivity contribution in [1.82, 2.24) is 19.2 Å². The zero-order chi connectivity index (χ0) is 40.9. The van der Waals surface area contributed by atoms with E-state index in [1.807, 2.05) is 32.0 Å². The van der Waals surface area contributed by atoms with E-state index < -0.39 is 45.3 Å². The number of cyclic esters (lactones) is 1. The van der Waals surface area contributed by atoms with Crippen LogP contribution in [0.1, 0.15) is 88.1 Å². The second-order valence-corrected chi connectivity index (χ2v) is 17.5. The lowest BCUT2D eigenvalue weighted by atomic mass is 9.85. The highest BCUT2D eigenvalue weighted by Gasteiger charge is 2.53. The van der Waals surface area contributed by atoms with Gasteiger partial charge >= 0.3 is 18.0 Å². The Hall–Kier alpha value is -5.28. The van der Waals surface area contributed by atoms with Crippen LogP contribution >= 0.6 is 0 Å². The molecule has 302 valence electrons. The SMILES string of the molecule is CCc1c2c(nc3ccc(OCCCNC(=O)OC(C)(C)C)cc13)-c1cc3c(c(=O)n1C2)COC(=O)[C@@]3(CC)OC(=O)[C@H]1CCCN1S(=O)(=O)c1ccc(C)cc1. The average Bonchev–Trinajstić information content (AvgIpc) is 3.81. The van der Waals surface area contributed by atoms with Crippen LogP contribution in [0, 0.1) is 6.92 Å². The average molecular weight is 801 g/mol. The third-order valence-corrected chi connectivity index (χ3v) is 12.7. The molecular formula is C42H48N4O10S. The molecule has 5 heterocycles. The van der Waals surface area contributed by atoms with Crippen molar-refractivity contribution in [2.75, 3.05) is 19.7 Å². The number of esters is 2. The van der Waals surface area contributed by atoms with Gasteiger partial charge in [-0.25, -0.2) is 23.0 Å². The van der Waals surface area contributed by atoms with Gasteiger partial charge in [0.15, 0.2) is 0 Å². The van der Waals surface area contributed by atoms with Crippen LogP contribution in [0.4, 0.5) is 4.79 Å². The van der Waals surface area contributed by atoms with Crippen LogP contribution in [0.5, 0.6) is 5.75 Å². The number of carbonyl (C=O) groups is 3. The summed E-state index contributed by atoms with van der Waals surface area (Å²) in [5.74, 6) is -1.07. The third kappa shape index (κ3) is 7.38. The Morgan fingerprint density at radius 2 is 1.81 bits per heavy atom. The summed E-state index contributed by atoms with van der Waals surface area (Å²) in [7, 11) is -4.05. The largest absolute Gasteiger partial charge is 0.494 e. The molecule has 0 spiro atoms. The molecule has 4 aromatic rings. The summed E-state index contributed by atoms with van der Waals surface area (Å²) in [5, 5.41) is 3.61. The Labute approximate surface area is 331 Å². The molecule has 1 saturated heterocycles. The number of ether oxygens (including phenoxy) is 4. The van der Waals surface area contributed by atoms with Gasteiger partial charge in [0.2, 0.25) is 15.6 Å². The van der Waals surface area contributed by atoms with Crippen molar-refractivity contribution in [3.63, 3.8) is 0 Å². The van der Waals surface area contributed by atoms with E-state index in [2.05, 4.69) is 5.32 Å². The third-order valence-electron chi connectivity index (χ3n) is 10.7. The van der Waals surface area contributed by atoms with E-state index in [1.54, 1.807) is 50.5 Å². The van der Waals surface area contributed by atoms with E-state index >= 15 is 0 Å². The first-order valence-corrected chi connectivity index (χ1v) is 20.8. The molecule has 2 aromatic heterocycles. The quantitative estimate of drug-likeness (QED) is 0.0995. The number of aromatic nitrogens is 2. The van der Waals surface area contributed by atoms with E-state index in [0.29, 0.717) is 55.1 Å². The van der Waals surface area contributed by atoms with Crippen LogP contribution in [-0.2, 0) is 59.0 Å². The van der Waals surface area contributed by atoms with Crippen LogP contribution in [0.25, 0.3) is 22.3 Å². The number of pyridine rings is 2. The highest BCUT2D eigenvalue weighted by Crippen LogP contribution is 2.43. The molecule has 7 rings (SSSR count). The summed E-state index contributed by atoms with van der Waals surface area (Å²) < 4.78 is 53.1. The number of carbonyl (C=O) groups excluding carboxylic acids is 3. The molecule has 57 heavy (non-hydrogen) atoms. The zero-order valence-corrected chi connectivity index (χ0v) is 33.9. The molecule has 3 aliphatic rings. The van der Waals surface area contributed by atoms with E-state index in [4.69, 9.17) is 23.9 Å². The molecular weight excluding hydrogens is 753 g/mol. The highest BCUT2D eigenvalue weighted by atomic mass is 32.2. The predicted octanol–water partition coefficient (Wildman–Crippen LogP) is 5.65. The summed E-state index contributed by atoms with van der Waals surface area (Å²) in [4.78, 5) is 59.1. The van der Waals surface area contributed by atoms with Crippen LogP contribution in [0.3, 0.4) is 0 Å². The molecule has 0 bridgehead atoms. The first-order valence-electron chi connectivity index (χ1n) is 19.4. The van der Waals surface area contributed by atoms with Crippen LogP contribution in [0.2, 0.25) is 0 Å². The maximum atomic E-state index is 14.3. The lowest BCUT2D eigenvalue weighted by Gasteiger charge is -2.37. The molecule has 0 radical (unpaired) electrons. The molecule has 2 aromatic carbocycles. The van der Waals surface area contributed by atoms with Gasteiger partial charge in [0, 0.05) is 29.6 Å². The maximum absolute atomic E-state index is 14.3. The van der Waals surface area contributed by atoms with Gasteiger partial charge in [-0.1, -0.05) is 31.5 Å². The molecule has 0 saturated carbocycles. The Morgan fingerprint density at radius 3 is 2.51 bits per heavy atom. The second kappa shape index (κ2) is 15.2. The van der Waals surface area contributed by atoms with Gasteiger partial charge in [-0.05, 0) is 102 Å². The van der Waals surface area contributed by atoms with Gasteiger partial charge in [0.05, 0.1) is 40.5 Å². The number of benzene rings is 2. The topological polar surface area (TPSA) is 172 Å². The van der Waals surface area contributed by atoms with Gasteiger partial charge in [-0.15, -0.1) is 0 Å². The van der Waals surface area contributed by atoms with Crippen molar-refractivity contribution in [3.8, 4) is 17.1 Å². The van der Waals surface area contributed by atoms with Crippen LogP contribution in [-0.4, -0.2) is 71.6 Å². The summed E-state index contributed by atoms with van der Waals surface area (Å²) in [6.07, 6.45) is 1.30. The minimum Gasteiger partial charge on any atom is -0.494 e. The Balaban J connectivity index is 1.17. The molecule has 14 nitrogen and oxygen atoms in total. The number of hydrogen-bond donors (Lipinski definition) is 1. The lowest BCUT2D eigenvalue weighted by Crippen LogP contribution is -2.50. The summed E-state index contributed by atoms with van der Waals surface area (Å²) in [5.41, 5.74) is 1.95. The first-order chi connectivity index (χ1) is 27.1. The van der Waals surface area contributed by atoms with Crippen molar-refractivity contribution < 1.29 is 41.7 Å². The number of rotatable bonds is 11. The molecule has 1 fully saturated rings. The van der Waals surface area contributed by atoms with Gasteiger partial charge in [0.25, 0.3) is 5.56 Å². The minimum absolute atomic E-state index is 0.0526. The van der Waals surface area contributed by atoms with Gasteiger partial charge in [0.1, 0.15) is 24.0 Å². The normalized spacial score (nSPS) is 19.1. The Bertz CT molecular complexity index is 2440. The summed E-state index contributed by atoms with van der Waals surface area (Å²) >= 11 is 0. The van der Waals surface area contributed by atoms with Crippen molar-refractivity contribution >= 4 is 39.0 Å². The molecule has 2 atom stereocenters.